The van der Waals surface area contributed by atoms with Crippen LogP contribution in [0.5, 0.6) is 17.4 Å². The van der Waals surface area contributed by atoms with Gasteiger partial charge in [-0.2, -0.15) is 0 Å². The lowest BCUT2D eigenvalue weighted by Crippen LogP contribution is -1.97. The third kappa shape index (κ3) is 2.73. The Balaban J connectivity index is 2.31. The van der Waals surface area contributed by atoms with Gasteiger partial charge in [0.05, 0.1) is 17.3 Å². The van der Waals surface area contributed by atoms with Gasteiger partial charge in [-0.3, -0.25) is 0 Å². The van der Waals surface area contributed by atoms with Crippen LogP contribution in [0.4, 0.5) is 5.69 Å². The van der Waals surface area contributed by atoms with E-state index in [2.05, 4.69) is 20.9 Å². The van der Waals surface area contributed by atoms with Crippen molar-refractivity contribution in [1.82, 2.24) is 4.98 Å². The molecule has 5 heteroatoms. The summed E-state index contributed by atoms with van der Waals surface area (Å²) in [6.07, 6.45) is 0. The molecule has 0 saturated heterocycles. The van der Waals surface area contributed by atoms with Crippen LogP contribution in [0.15, 0.2) is 34.8 Å². The van der Waals surface area contributed by atoms with Crippen molar-refractivity contribution in [1.29, 1.82) is 0 Å². The van der Waals surface area contributed by atoms with E-state index in [0.29, 0.717) is 17.3 Å². The second kappa shape index (κ2) is 5.27. The van der Waals surface area contributed by atoms with Crippen molar-refractivity contribution < 1.29 is 9.47 Å². The molecular formula is C13H13BrN2O2. The number of hydrogen-bond donors (Lipinski definition) is 1. The van der Waals surface area contributed by atoms with E-state index in [-0.39, 0.29) is 0 Å². The van der Waals surface area contributed by atoms with Gasteiger partial charge in [0.25, 0.3) is 0 Å². The molecule has 0 saturated carbocycles. The molecule has 0 atom stereocenters. The molecule has 0 fully saturated rings. The van der Waals surface area contributed by atoms with Crippen molar-refractivity contribution in [2.45, 2.75) is 6.92 Å². The molecule has 0 aliphatic heterocycles. The number of rotatable bonds is 3. The van der Waals surface area contributed by atoms with Gasteiger partial charge in [0.15, 0.2) is 0 Å². The molecule has 18 heavy (non-hydrogen) atoms. The van der Waals surface area contributed by atoms with Crippen molar-refractivity contribution in [3.8, 4) is 17.4 Å². The van der Waals surface area contributed by atoms with Gasteiger partial charge in [-0.1, -0.05) is 0 Å². The molecule has 0 spiro atoms. The number of aryl methyl sites for hydroxylation is 1. The van der Waals surface area contributed by atoms with E-state index in [1.165, 1.54) is 0 Å². The zero-order valence-corrected chi connectivity index (χ0v) is 11.7. The molecule has 0 aliphatic carbocycles. The Morgan fingerprint density at radius 1 is 1.22 bits per heavy atom. The largest absolute Gasteiger partial charge is 0.497 e. The van der Waals surface area contributed by atoms with E-state index >= 15 is 0 Å². The summed E-state index contributed by atoms with van der Waals surface area (Å²) in [5.74, 6) is 1.79. The fourth-order valence-corrected chi connectivity index (χ4v) is 1.86. The number of aromatic nitrogens is 1. The van der Waals surface area contributed by atoms with Gasteiger partial charge in [-0.15, -0.1) is 0 Å². The number of ether oxygens (including phenoxy) is 2. The summed E-state index contributed by atoms with van der Waals surface area (Å²) in [5.41, 5.74) is 7.17. The zero-order valence-electron chi connectivity index (χ0n) is 10.1. The molecule has 2 rings (SSSR count). The van der Waals surface area contributed by atoms with E-state index in [0.717, 1.165) is 15.9 Å². The van der Waals surface area contributed by atoms with Gasteiger partial charge in [0.2, 0.25) is 5.88 Å². The van der Waals surface area contributed by atoms with Crippen molar-refractivity contribution in [2.75, 3.05) is 12.8 Å². The molecule has 1 aromatic carbocycles. The summed E-state index contributed by atoms with van der Waals surface area (Å²) in [6.45, 7) is 1.88. The number of halogens is 1. The van der Waals surface area contributed by atoms with Crippen molar-refractivity contribution in [3.63, 3.8) is 0 Å². The standard InChI is InChI=1S/C13H13BrN2O2/c1-8-3-5-11(15)13(16-8)18-12-6-4-9(17-2)7-10(12)14/h3-7H,15H2,1-2H3. The fraction of sp³-hybridized carbons (Fsp3) is 0.154. The normalized spacial score (nSPS) is 10.2. The molecule has 4 nitrogen and oxygen atoms in total. The number of pyridine rings is 1. The highest BCUT2D eigenvalue weighted by Crippen LogP contribution is 2.33. The van der Waals surface area contributed by atoms with Gasteiger partial charge < -0.3 is 15.2 Å². The van der Waals surface area contributed by atoms with E-state index in [9.17, 15) is 0 Å². The van der Waals surface area contributed by atoms with E-state index in [1.807, 2.05) is 25.1 Å². The number of nitrogen functional groups attached to an aromatic ring is 1. The second-order valence-corrected chi connectivity index (χ2v) is 4.60. The number of benzene rings is 1. The lowest BCUT2D eigenvalue weighted by molar-refractivity contribution is 0.411. The zero-order chi connectivity index (χ0) is 13.1. The van der Waals surface area contributed by atoms with Crippen LogP contribution in [0.1, 0.15) is 5.69 Å². The molecular weight excluding hydrogens is 296 g/mol. The first-order valence-corrected chi connectivity index (χ1v) is 6.14. The Bertz CT molecular complexity index is 573. The minimum absolute atomic E-state index is 0.404. The maximum Gasteiger partial charge on any atom is 0.242 e. The Labute approximate surface area is 114 Å². The van der Waals surface area contributed by atoms with Crippen LogP contribution in [-0.4, -0.2) is 12.1 Å². The van der Waals surface area contributed by atoms with Crippen molar-refractivity contribution in [2.24, 2.45) is 0 Å². The summed E-state index contributed by atoms with van der Waals surface area (Å²) in [4.78, 5) is 4.25. The summed E-state index contributed by atoms with van der Waals surface area (Å²) in [7, 11) is 1.61. The number of methoxy groups -OCH3 is 1. The van der Waals surface area contributed by atoms with Crippen LogP contribution in [0.3, 0.4) is 0 Å². The average Bonchev–Trinajstić information content (AvgIpc) is 2.36. The van der Waals surface area contributed by atoms with Crippen LogP contribution < -0.4 is 15.2 Å². The molecule has 2 N–H and O–H groups in total. The summed E-state index contributed by atoms with van der Waals surface area (Å²) >= 11 is 3.41. The molecule has 0 unspecified atom stereocenters. The van der Waals surface area contributed by atoms with Gasteiger partial charge in [-0.25, -0.2) is 4.98 Å². The third-order valence-electron chi connectivity index (χ3n) is 2.37. The Morgan fingerprint density at radius 2 is 2.00 bits per heavy atom. The number of nitrogens with two attached hydrogens (primary N) is 1. The average molecular weight is 309 g/mol. The van der Waals surface area contributed by atoms with E-state index in [4.69, 9.17) is 15.2 Å². The molecule has 0 amide bonds. The Morgan fingerprint density at radius 3 is 2.67 bits per heavy atom. The lowest BCUT2D eigenvalue weighted by Gasteiger charge is -2.10. The van der Waals surface area contributed by atoms with Crippen LogP contribution in [0.2, 0.25) is 0 Å². The second-order valence-electron chi connectivity index (χ2n) is 3.75. The molecule has 94 valence electrons. The molecule has 1 aromatic heterocycles. The number of nitrogens with zero attached hydrogens (tertiary/aromatic N) is 1. The predicted molar refractivity (Wildman–Crippen MR) is 74.2 cm³/mol. The summed E-state index contributed by atoms with van der Waals surface area (Å²) < 4.78 is 11.6. The maximum absolute atomic E-state index is 5.82. The minimum Gasteiger partial charge on any atom is -0.497 e. The fourth-order valence-electron chi connectivity index (χ4n) is 1.42. The Kier molecular flexibility index (Phi) is 3.72. The first kappa shape index (κ1) is 12.7. The monoisotopic (exact) mass is 308 g/mol. The highest BCUT2D eigenvalue weighted by atomic mass is 79.9. The Hall–Kier alpha value is -1.75. The third-order valence-corrected chi connectivity index (χ3v) is 2.99. The van der Waals surface area contributed by atoms with Gasteiger partial charge >= 0.3 is 0 Å². The topological polar surface area (TPSA) is 57.4 Å². The first-order chi connectivity index (χ1) is 8.60. The van der Waals surface area contributed by atoms with Crippen molar-refractivity contribution in [3.05, 3.63) is 40.5 Å². The highest BCUT2D eigenvalue weighted by Gasteiger charge is 2.08. The molecule has 0 aliphatic rings. The summed E-state index contributed by atoms with van der Waals surface area (Å²) in [5, 5.41) is 0. The molecule has 2 aromatic rings. The van der Waals surface area contributed by atoms with Gasteiger partial charge in [0.1, 0.15) is 11.5 Å². The van der Waals surface area contributed by atoms with Crippen LogP contribution in [-0.2, 0) is 0 Å². The first-order valence-electron chi connectivity index (χ1n) is 5.34. The smallest absolute Gasteiger partial charge is 0.242 e. The number of hydrogen-bond acceptors (Lipinski definition) is 4. The minimum atomic E-state index is 0.404. The quantitative estimate of drug-likeness (QED) is 0.942. The SMILES string of the molecule is COc1ccc(Oc2nc(C)ccc2N)c(Br)c1. The maximum atomic E-state index is 5.82. The summed E-state index contributed by atoms with van der Waals surface area (Å²) in [6, 6.07) is 9.04. The molecule has 1 heterocycles. The lowest BCUT2D eigenvalue weighted by atomic mass is 10.3. The van der Waals surface area contributed by atoms with Gasteiger partial charge in [0, 0.05) is 5.69 Å². The van der Waals surface area contributed by atoms with Crippen LogP contribution in [0.25, 0.3) is 0 Å². The predicted octanol–water partition coefficient (Wildman–Crippen LogP) is 3.54. The van der Waals surface area contributed by atoms with E-state index in [1.54, 1.807) is 19.2 Å². The van der Waals surface area contributed by atoms with Crippen LogP contribution >= 0.6 is 15.9 Å². The molecule has 0 radical (unpaired) electrons. The van der Waals surface area contributed by atoms with E-state index < -0.39 is 0 Å². The number of anilines is 1. The van der Waals surface area contributed by atoms with Crippen molar-refractivity contribution >= 4 is 21.6 Å². The highest BCUT2D eigenvalue weighted by molar-refractivity contribution is 9.10. The van der Waals surface area contributed by atoms with Crippen LogP contribution in [0, 0.1) is 6.92 Å². The van der Waals surface area contributed by atoms with Gasteiger partial charge in [-0.05, 0) is 53.2 Å². The molecule has 0 bridgehead atoms.